The zero-order chi connectivity index (χ0) is 30.4. The largest absolute Gasteiger partial charge is 0.480 e. The van der Waals surface area contributed by atoms with E-state index >= 15 is 0 Å². The van der Waals surface area contributed by atoms with Gasteiger partial charge in [-0.05, 0) is 12.8 Å². The van der Waals surface area contributed by atoms with E-state index in [1.54, 1.807) is 19.6 Å². The van der Waals surface area contributed by atoms with Crippen LogP contribution in [0.2, 0.25) is 0 Å². The van der Waals surface area contributed by atoms with E-state index in [-0.39, 0.29) is 63.5 Å². The fraction of sp³-hybridized carbons (Fsp3) is 0.750. The van der Waals surface area contributed by atoms with Gasteiger partial charge in [-0.1, -0.05) is 0 Å². The third-order valence-electron chi connectivity index (χ3n) is 7.09. The molecule has 0 aromatic carbocycles. The number of piperidine rings is 1. The molecule has 0 unspecified atom stereocenters. The average molecular weight is 587 g/mol. The van der Waals surface area contributed by atoms with Gasteiger partial charge in [0.15, 0.2) is 0 Å². The molecule has 232 valence electrons. The highest BCUT2D eigenvalue weighted by Crippen LogP contribution is 2.17. The van der Waals surface area contributed by atoms with E-state index in [1.807, 2.05) is 4.90 Å². The standard InChI is InChI=1S/C24H42N8O9/c25-13-19(33)26-27-24(41)18-1-3-32(4-2-18)20(34)14-28-5-7-29(15-21(35)36)9-11-31(17-23(39)40)12-10-30(8-6-28)16-22(37)38/h18H,1-17,25H2,(H,26,33)(H,27,41)(H,35,36)(H,37,38)(H,39,40). The van der Waals surface area contributed by atoms with Crippen molar-refractivity contribution in [3.05, 3.63) is 0 Å². The van der Waals surface area contributed by atoms with Crippen LogP contribution in [0.1, 0.15) is 12.8 Å². The van der Waals surface area contributed by atoms with Gasteiger partial charge in [0.1, 0.15) is 0 Å². The van der Waals surface area contributed by atoms with Crippen molar-refractivity contribution in [1.82, 2.24) is 35.4 Å². The van der Waals surface area contributed by atoms with Crippen LogP contribution in [-0.4, -0.2) is 174 Å². The first-order valence-electron chi connectivity index (χ1n) is 13.6. The summed E-state index contributed by atoms with van der Waals surface area (Å²) in [6.07, 6.45) is 0.837. The molecule has 0 saturated carbocycles. The predicted octanol–water partition coefficient (Wildman–Crippen LogP) is -4.19. The number of likely N-dealkylation sites (tertiary alicyclic amines) is 1. The number of carbonyl (C=O) groups is 6. The summed E-state index contributed by atoms with van der Waals surface area (Å²) >= 11 is 0. The van der Waals surface area contributed by atoms with Crippen LogP contribution in [0.4, 0.5) is 0 Å². The number of nitrogens with two attached hydrogens (primary N) is 1. The van der Waals surface area contributed by atoms with Crippen LogP contribution in [-0.2, 0) is 28.8 Å². The van der Waals surface area contributed by atoms with Crippen LogP contribution in [0.25, 0.3) is 0 Å². The van der Waals surface area contributed by atoms with Gasteiger partial charge in [-0.15, -0.1) is 0 Å². The number of rotatable bonds is 10. The van der Waals surface area contributed by atoms with E-state index in [1.165, 1.54) is 0 Å². The maximum Gasteiger partial charge on any atom is 0.317 e. The van der Waals surface area contributed by atoms with Crippen molar-refractivity contribution in [3.63, 3.8) is 0 Å². The molecule has 0 aliphatic carbocycles. The molecule has 2 aliphatic heterocycles. The summed E-state index contributed by atoms with van der Waals surface area (Å²) in [5, 5.41) is 28.0. The van der Waals surface area contributed by atoms with E-state index in [9.17, 15) is 44.1 Å². The van der Waals surface area contributed by atoms with Gasteiger partial charge >= 0.3 is 17.9 Å². The van der Waals surface area contributed by atoms with Gasteiger partial charge in [-0.25, -0.2) is 0 Å². The molecule has 3 amide bonds. The second-order valence-corrected chi connectivity index (χ2v) is 10.2. The van der Waals surface area contributed by atoms with E-state index in [0.717, 1.165) is 0 Å². The number of carbonyl (C=O) groups excluding carboxylic acids is 3. The lowest BCUT2D eigenvalue weighted by Gasteiger charge is -2.35. The Bertz CT molecular complexity index is 897. The SMILES string of the molecule is NCC(=O)NNC(=O)C1CCN(C(=O)CN2CCN(CC(=O)O)CCN(CC(=O)O)CCN(CC(=O)O)CC2)CC1. The molecule has 7 N–H and O–H groups in total. The van der Waals surface area contributed by atoms with Crippen LogP contribution < -0.4 is 16.6 Å². The van der Waals surface area contributed by atoms with E-state index in [4.69, 9.17) is 5.73 Å². The Kier molecular flexibility index (Phi) is 14.4. The molecule has 0 aromatic rings. The number of carboxylic acid groups (broad SMARTS) is 3. The average Bonchev–Trinajstić information content (AvgIpc) is 2.92. The first-order valence-corrected chi connectivity index (χ1v) is 13.6. The Hall–Kier alpha value is -3.38. The topological polar surface area (TPSA) is 229 Å². The van der Waals surface area contributed by atoms with Gasteiger partial charge in [-0.2, -0.15) is 0 Å². The Labute approximate surface area is 238 Å². The lowest BCUT2D eigenvalue weighted by atomic mass is 9.96. The molecule has 2 saturated heterocycles. The minimum absolute atomic E-state index is 0.0381. The van der Waals surface area contributed by atoms with E-state index in [2.05, 4.69) is 10.9 Å². The highest BCUT2D eigenvalue weighted by molar-refractivity contribution is 5.84. The molecule has 0 atom stereocenters. The molecular weight excluding hydrogens is 544 g/mol. The summed E-state index contributed by atoms with van der Waals surface area (Å²) in [7, 11) is 0. The smallest absolute Gasteiger partial charge is 0.317 e. The normalized spacial score (nSPS) is 19.5. The van der Waals surface area contributed by atoms with Crippen molar-refractivity contribution in [2.24, 2.45) is 11.7 Å². The van der Waals surface area contributed by atoms with Crippen LogP contribution in [0.5, 0.6) is 0 Å². The summed E-state index contributed by atoms with van der Waals surface area (Å²) in [6.45, 7) is 2.25. The van der Waals surface area contributed by atoms with E-state index < -0.39 is 23.8 Å². The van der Waals surface area contributed by atoms with Crippen molar-refractivity contribution in [2.45, 2.75) is 12.8 Å². The molecule has 0 spiro atoms. The Balaban J connectivity index is 2.02. The lowest BCUT2D eigenvalue weighted by Crippen LogP contribution is -2.52. The molecule has 0 radical (unpaired) electrons. The van der Waals surface area contributed by atoms with Gasteiger partial charge in [0, 0.05) is 71.4 Å². The Morgan fingerprint density at radius 1 is 0.585 bits per heavy atom. The van der Waals surface area contributed by atoms with Crippen molar-refractivity contribution in [2.75, 3.05) is 98.2 Å². The predicted molar refractivity (Wildman–Crippen MR) is 143 cm³/mol. The molecule has 0 aromatic heterocycles. The van der Waals surface area contributed by atoms with Gasteiger partial charge in [0.2, 0.25) is 11.8 Å². The molecule has 17 nitrogen and oxygen atoms in total. The quantitative estimate of drug-likeness (QED) is 0.133. The highest BCUT2D eigenvalue weighted by atomic mass is 16.4. The minimum atomic E-state index is -1.03. The molecule has 2 fully saturated rings. The second-order valence-electron chi connectivity index (χ2n) is 10.2. The van der Waals surface area contributed by atoms with Gasteiger partial charge in [0.05, 0.1) is 32.7 Å². The molecule has 0 bridgehead atoms. The number of nitrogens with zero attached hydrogens (tertiary/aromatic N) is 5. The monoisotopic (exact) mass is 586 g/mol. The highest BCUT2D eigenvalue weighted by Gasteiger charge is 2.29. The number of aliphatic carboxylic acids is 3. The van der Waals surface area contributed by atoms with Crippen molar-refractivity contribution < 1.29 is 44.1 Å². The number of amides is 3. The molecular formula is C24H42N8O9. The van der Waals surface area contributed by atoms with Crippen molar-refractivity contribution in [3.8, 4) is 0 Å². The lowest BCUT2D eigenvalue weighted by molar-refractivity contribution is -0.141. The number of hydrogen-bond acceptors (Lipinski definition) is 11. The first kappa shape index (κ1) is 33.8. The first-order chi connectivity index (χ1) is 19.5. The summed E-state index contributed by atoms with van der Waals surface area (Å²) in [5.41, 5.74) is 9.77. The molecule has 2 aliphatic rings. The summed E-state index contributed by atoms with van der Waals surface area (Å²) in [5.74, 6) is -4.46. The van der Waals surface area contributed by atoms with Crippen LogP contribution >= 0.6 is 0 Å². The Morgan fingerprint density at radius 3 is 1.29 bits per heavy atom. The number of carboxylic acids is 3. The van der Waals surface area contributed by atoms with Crippen molar-refractivity contribution >= 4 is 35.6 Å². The summed E-state index contributed by atoms with van der Waals surface area (Å²) in [6, 6.07) is 0. The Morgan fingerprint density at radius 2 is 0.951 bits per heavy atom. The van der Waals surface area contributed by atoms with Gasteiger partial charge in [0.25, 0.3) is 5.91 Å². The van der Waals surface area contributed by atoms with Gasteiger partial charge in [-0.3, -0.25) is 59.2 Å². The maximum atomic E-state index is 13.2. The third kappa shape index (κ3) is 13.2. The van der Waals surface area contributed by atoms with Crippen LogP contribution in [0, 0.1) is 5.92 Å². The number of nitrogens with one attached hydrogen (secondary N) is 2. The van der Waals surface area contributed by atoms with Crippen LogP contribution in [0.3, 0.4) is 0 Å². The zero-order valence-corrected chi connectivity index (χ0v) is 23.2. The number of hydrogen-bond donors (Lipinski definition) is 6. The summed E-state index contributed by atoms with van der Waals surface area (Å²) < 4.78 is 0. The maximum absolute atomic E-state index is 13.2. The molecule has 2 heterocycles. The minimum Gasteiger partial charge on any atom is -0.480 e. The molecule has 2 rings (SSSR count). The van der Waals surface area contributed by atoms with Crippen LogP contribution in [0.15, 0.2) is 0 Å². The fourth-order valence-corrected chi connectivity index (χ4v) is 4.75. The van der Waals surface area contributed by atoms with Crippen molar-refractivity contribution in [1.29, 1.82) is 0 Å². The second kappa shape index (κ2) is 17.4. The number of hydrazine groups is 1. The molecule has 41 heavy (non-hydrogen) atoms. The van der Waals surface area contributed by atoms with E-state index in [0.29, 0.717) is 65.2 Å². The summed E-state index contributed by atoms with van der Waals surface area (Å²) in [4.78, 5) is 79.5. The third-order valence-corrected chi connectivity index (χ3v) is 7.09. The fourth-order valence-electron chi connectivity index (χ4n) is 4.75. The zero-order valence-electron chi connectivity index (χ0n) is 23.2. The molecule has 17 heteroatoms. The van der Waals surface area contributed by atoms with Gasteiger partial charge < -0.3 is 26.0 Å².